The molecule has 0 amide bonds. The molecule has 0 radical (unpaired) electrons. The second-order valence-corrected chi connectivity index (χ2v) is 8.32. The molecule has 16 heteroatoms. The number of aromatic nitrogens is 4. The van der Waals surface area contributed by atoms with Gasteiger partial charge in [0, 0.05) is 12.4 Å². The highest BCUT2D eigenvalue weighted by molar-refractivity contribution is 7.86. The third-order valence-electron chi connectivity index (χ3n) is 3.95. The number of nitrogens with zero attached hydrogens (tertiary/aromatic N) is 5. The fourth-order valence-corrected chi connectivity index (χ4v) is 4.09. The first-order chi connectivity index (χ1) is 15.3. The van der Waals surface area contributed by atoms with Crippen LogP contribution in [0.1, 0.15) is 17.0 Å². The van der Waals surface area contributed by atoms with E-state index in [1.807, 2.05) is 0 Å². The number of halogens is 8. The van der Waals surface area contributed by atoms with Gasteiger partial charge in [-0.25, -0.2) is 8.89 Å². The summed E-state index contributed by atoms with van der Waals surface area (Å²) in [5.41, 5.74) is -7.63. The SMILES string of the molecule is N#Cc1nn(-c2c(Cl)cc(C(F)(F)F)cc2Cl)c(NCc2cnccn2)c1S(=O)C(F)(F)F. The maximum Gasteiger partial charge on any atom is 0.476 e. The summed E-state index contributed by atoms with van der Waals surface area (Å²) in [6.07, 6.45) is -0.901. The normalized spacial score (nSPS) is 12.9. The third kappa shape index (κ3) is 5.21. The number of hydrogen-bond donors (Lipinski definition) is 1. The van der Waals surface area contributed by atoms with E-state index in [9.17, 15) is 35.8 Å². The molecule has 0 spiro atoms. The minimum Gasteiger partial charge on any atom is -0.363 e. The van der Waals surface area contributed by atoms with E-state index in [0.717, 1.165) is 0 Å². The van der Waals surface area contributed by atoms with E-state index < -0.39 is 60.2 Å². The molecule has 0 aliphatic rings. The summed E-state index contributed by atoms with van der Waals surface area (Å²) < 4.78 is 91.8. The van der Waals surface area contributed by atoms with Crippen molar-refractivity contribution < 1.29 is 30.6 Å². The van der Waals surface area contributed by atoms with Gasteiger partial charge in [0.1, 0.15) is 22.5 Å². The van der Waals surface area contributed by atoms with Crippen LogP contribution >= 0.6 is 23.2 Å². The fraction of sp³-hybridized carbons (Fsp3) is 0.176. The molecule has 0 bridgehead atoms. The van der Waals surface area contributed by atoms with Gasteiger partial charge < -0.3 is 5.32 Å². The predicted molar refractivity (Wildman–Crippen MR) is 105 cm³/mol. The predicted octanol–water partition coefficient (Wildman–Crippen LogP) is 5.10. The van der Waals surface area contributed by atoms with Crippen molar-refractivity contribution in [3.8, 4) is 11.8 Å². The second-order valence-electron chi connectivity index (χ2n) is 6.10. The summed E-state index contributed by atoms with van der Waals surface area (Å²) in [4.78, 5) is 6.66. The highest BCUT2D eigenvalue weighted by atomic mass is 35.5. The van der Waals surface area contributed by atoms with Gasteiger partial charge in [0.25, 0.3) is 0 Å². The van der Waals surface area contributed by atoms with E-state index >= 15 is 0 Å². The molecule has 0 saturated heterocycles. The Morgan fingerprint density at radius 2 is 1.76 bits per heavy atom. The molecule has 0 saturated carbocycles. The van der Waals surface area contributed by atoms with Gasteiger partial charge in [0.05, 0.1) is 34.0 Å². The molecule has 33 heavy (non-hydrogen) atoms. The second kappa shape index (κ2) is 9.16. The van der Waals surface area contributed by atoms with Crippen molar-refractivity contribution in [3.63, 3.8) is 0 Å². The Labute approximate surface area is 193 Å². The van der Waals surface area contributed by atoms with Crippen LogP contribution in [0.2, 0.25) is 10.0 Å². The number of alkyl halides is 6. The third-order valence-corrected chi connectivity index (χ3v) is 5.71. The van der Waals surface area contributed by atoms with Crippen molar-refractivity contribution in [1.82, 2.24) is 19.7 Å². The van der Waals surface area contributed by atoms with Crippen LogP contribution in [0.5, 0.6) is 0 Å². The maximum atomic E-state index is 13.3. The van der Waals surface area contributed by atoms with Crippen LogP contribution in [0.3, 0.4) is 0 Å². The van der Waals surface area contributed by atoms with E-state index in [1.54, 1.807) is 0 Å². The topological polar surface area (TPSA) is 96.5 Å². The molecular formula is C17H8Cl2F6N6OS. The lowest BCUT2D eigenvalue weighted by atomic mass is 10.2. The lowest BCUT2D eigenvalue weighted by Crippen LogP contribution is -2.19. The lowest BCUT2D eigenvalue weighted by molar-refractivity contribution is -0.137. The number of benzene rings is 1. The first kappa shape index (κ1) is 24.7. The Kier molecular flexibility index (Phi) is 6.87. The monoisotopic (exact) mass is 528 g/mol. The Bertz CT molecular complexity index is 1230. The van der Waals surface area contributed by atoms with E-state index in [1.165, 1.54) is 24.7 Å². The van der Waals surface area contributed by atoms with Crippen LogP contribution in [-0.2, 0) is 23.5 Å². The molecule has 174 valence electrons. The Morgan fingerprint density at radius 1 is 1.12 bits per heavy atom. The van der Waals surface area contributed by atoms with Gasteiger partial charge in [-0.05, 0) is 12.1 Å². The average molecular weight is 529 g/mol. The molecular weight excluding hydrogens is 521 g/mol. The molecule has 0 aliphatic heterocycles. The Balaban J connectivity index is 2.24. The van der Waals surface area contributed by atoms with E-state index in [2.05, 4.69) is 20.4 Å². The number of nitriles is 1. The molecule has 1 atom stereocenters. The van der Waals surface area contributed by atoms with Crippen molar-refractivity contribution >= 4 is 39.8 Å². The lowest BCUT2D eigenvalue weighted by Gasteiger charge is -2.16. The molecule has 1 aromatic carbocycles. The molecule has 0 aliphatic carbocycles. The van der Waals surface area contributed by atoms with Gasteiger partial charge in [-0.2, -0.15) is 36.7 Å². The van der Waals surface area contributed by atoms with Crippen molar-refractivity contribution in [1.29, 1.82) is 5.26 Å². The van der Waals surface area contributed by atoms with Crippen LogP contribution in [0, 0.1) is 11.3 Å². The zero-order valence-electron chi connectivity index (χ0n) is 15.7. The Morgan fingerprint density at radius 3 is 2.24 bits per heavy atom. The minimum atomic E-state index is -5.28. The number of anilines is 1. The molecule has 0 fully saturated rings. The van der Waals surface area contributed by atoms with E-state index in [-0.39, 0.29) is 12.2 Å². The quantitative estimate of drug-likeness (QED) is 0.463. The molecule has 7 nitrogen and oxygen atoms in total. The summed E-state index contributed by atoms with van der Waals surface area (Å²) in [5.74, 6) is -0.628. The summed E-state index contributed by atoms with van der Waals surface area (Å²) in [6.45, 7) is -0.275. The van der Waals surface area contributed by atoms with Crippen LogP contribution in [0.4, 0.5) is 32.2 Å². The van der Waals surface area contributed by atoms with Crippen molar-refractivity contribution in [2.75, 3.05) is 5.32 Å². The molecule has 3 aromatic rings. The smallest absolute Gasteiger partial charge is 0.363 e. The van der Waals surface area contributed by atoms with Crippen LogP contribution in [0.15, 0.2) is 35.6 Å². The standard InChI is InChI=1S/C17H8Cl2F6N6OS/c18-10-3-8(16(20,21)22)4-11(19)13(10)31-15(29-7-9-6-27-1-2-28-9)14(12(5-26)30-31)33(32)17(23,24)25/h1-4,6,29H,7H2. The summed E-state index contributed by atoms with van der Waals surface area (Å²) >= 11 is 11.9. The summed E-state index contributed by atoms with van der Waals surface area (Å²) in [7, 11) is -3.74. The zero-order valence-corrected chi connectivity index (χ0v) is 18.0. The average Bonchev–Trinajstić information content (AvgIpc) is 3.08. The molecule has 1 N–H and O–H groups in total. The Hall–Kier alpha value is -2.89. The number of hydrogen-bond acceptors (Lipinski definition) is 6. The fourth-order valence-electron chi connectivity index (χ4n) is 2.61. The molecule has 3 rings (SSSR count). The maximum absolute atomic E-state index is 13.3. The van der Waals surface area contributed by atoms with Gasteiger partial charge in [-0.3, -0.25) is 9.97 Å². The van der Waals surface area contributed by atoms with Gasteiger partial charge in [0.2, 0.25) is 0 Å². The first-order valence-corrected chi connectivity index (χ1v) is 10.3. The van der Waals surface area contributed by atoms with Crippen molar-refractivity contribution in [3.05, 3.63) is 57.7 Å². The van der Waals surface area contributed by atoms with Crippen molar-refractivity contribution in [2.45, 2.75) is 23.1 Å². The number of nitrogens with one attached hydrogen (secondary N) is 1. The van der Waals surface area contributed by atoms with Crippen LogP contribution < -0.4 is 5.32 Å². The van der Waals surface area contributed by atoms with E-state index in [4.69, 9.17) is 23.2 Å². The molecule has 2 heterocycles. The summed E-state index contributed by atoms with van der Waals surface area (Å²) in [5, 5.41) is 14.2. The van der Waals surface area contributed by atoms with Gasteiger partial charge in [0.15, 0.2) is 16.5 Å². The van der Waals surface area contributed by atoms with Crippen molar-refractivity contribution in [2.24, 2.45) is 0 Å². The minimum absolute atomic E-state index is 0.233. The summed E-state index contributed by atoms with van der Waals surface area (Å²) in [6, 6.07) is 2.37. The first-order valence-electron chi connectivity index (χ1n) is 8.41. The van der Waals surface area contributed by atoms with Crippen LogP contribution in [-0.4, -0.2) is 29.5 Å². The largest absolute Gasteiger partial charge is 0.476 e. The van der Waals surface area contributed by atoms with Gasteiger partial charge in [-0.15, -0.1) is 0 Å². The van der Waals surface area contributed by atoms with E-state index in [0.29, 0.717) is 16.8 Å². The zero-order chi connectivity index (χ0) is 24.6. The molecule has 1 unspecified atom stereocenters. The van der Waals surface area contributed by atoms with Gasteiger partial charge in [-0.1, -0.05) is 23.2 Å². The highest BCUT2D eigenvalue weighted by Gasteiger charge is 2.43. The highest BCUT2D eigenvalue weighted by Crippen LogP contribution is 2.41. The molecule has 2 aromatic heterocycles. The van der Waals surface area contributed by atoms with Gasteiger partial charge >= 0.3 is 11.7 Å². The number of rotatable bonds is 5. The van der Waals surface area contributed by atoms with Crippen LogP contribution in [0.25, 0.3) is 5.69 Å².